The highest BCUT2D eigenvalue weighted by Crippen LogP contribution is 2.30. The third-order valence-corrected chi connectivity index (χ3v) is 4.16. The molecule has 1 amide bonds. The summed E-state index contributed by atoms with van der Waals surface area (Å²) in [6.07, 6.45) is 0.506. The monoisotopic (exact) mass is 322 g/mol. The van der Waals surface area contributed by atoms with Gasteiger partial charge in [0.15, 0.2) is 0 Å². The number of carbonyl (C=O) groups excluding carboxylic acids is 1. The van der Waals surface area contributed by atoms with Crippen LogP contribution in [0, 0.1) is 0 Å². The summed E-state index contributed by atoms with van der Waals surface area (Å²) in [6, 6.07) is 18.6. The van der Waals surface area contributed by atoms with Crippen LogP contribution in [0.3, 0.4) is 0 Å². The van der Waals surface area contributed by atoms with Gasteiger partial charge in [0.1, 0.15) is 5.75 Å². The number of methoxy groups -OCH3 is 1. The third-order valence-electron chi connectivity index (χ3n) is 4.16. The fourth-order valence-corrected chi connectivity index (χ4v) is 2.88. The SMILES string of the molecule is CCC(=O)NCCn1c(-c2ccccc2)cc2ccc(OC)cc21. The second-order valence-electron chi connectivity index (χ2n) is 5.68. The number of ether oxygens (including phenoxy) is 1. The summed E-state index contributed by atoms with van der Waals surface area (Å²) in [7, 11) is 1.67. The maximum Gasteiger partial charge on any atom is 0.219 e. The summed E-state index contributed by atoms with van der Waals surface area (Å²) in [5, 5.41) is 4.11. The first-order valence-corrected chi connectivity index (χ1v) is 8.22. The molecule has 0 saturated carbocycles. The fourth-order valence-electron chi connectivity index (χ4n) is 2.88. The van der Waals surface area contributed by atoms with Crippen molar-refractivity contribution in [2.24, 2.45) is 0 Å². The Morgan fingerprint density at radius 2 is 1.92 bits per heavy atom. The second kappa shape index (κ2) is 7.21. The summed E-state index contributed by atoms with van der Waals surface area (Å²) >= 11 is 0. The highest BCUT2D eigenvalue weighted by Gasteiger charge is 2.11. The molecule has 0 atom stereocenters. The maximum absolute atomic E-state index is 11.5. The second-order valence-corrected chi connectivity index (χ2v) is 5.68. The number of rotatable bonds is 6. The molecule has 1 heterocycles. The molecule has 3 aromatic rings. The first kappa shape index (κ1) is 16.1. The number of amides is 1. The lowest BCUT2D eigenvalue weighted by Crippen LogP contribution is -2.26. The normalized spacial score (nSPS) is 10.8. The van der Waals surface area contributed by atoms with Crippen LogP contribution in [-0.4, -0.2) is 24.1 Å². The Hall–Kier alpha value is -2.75. The molecule has 0 aliphatic carbocycles. The van der Waals surface area contributed by atoms with E-state index in [2.05, 4.69) is 34.1 Å². The summed E-state index contributed by atoms with van der Waals surface area (Å²) in [4.78, 5) is 11.5. The zero-order valence-electron chi connectivity index (χ0n) is 14.1. The number of fused-ring (bicyclic) bond motifs is 1. The van der Waals surface area contributed by atoms with Gasteiger partial charge in [-0.2, -0.15) is 0 Å². The molecule has 3 rings (SSSR count). The summed E-state index contributed by atoms with van der Waals surface area (Å²) in [6.45, 7) is 3.18. The third kappa shape index (κ3) is 3.27. The number of benzene rings is 2. The van der Waals surface area contributed by atoms with Crippen molar-refractivity contribution in [2.75, 3.05) is 13.7 Å². The van der Waals surface area contributed by atoms with E-state index in [4.69, 9.17) is 4.74 Å². The van der Waals surface area contributed by atoms with E-state index < -0.39 is 0 Å². The Morgan fingerprint density at radius 1 is 1.12 bits per heavy atom. The van der Waals surface area contributed by atoms with E-state index in [1.165, 1.54) is 0 Å². The number of carbonyl (C=O) groups is 1. The Bertz CT molecular complexity index is 837. The van der Waals surface area contributed by atoms with Crippen LogP contribution in [0.4, 0.5) is 0 Å². The lowest BCUT2D eigenvalue weighted by atomic mass is 10.1. The Morgan fingerprint density at radius 3 is 2.62 bits per heavy atom. The minimum Gasteiger partial charge on any atom is -0.497 e. The number of aromatic nitrogens is 1. The van der Waals surface area contributed by atoms with Crippen molar-refractivity contribution in [3.63, 3.8) is 0 Å². The van der Waals surface area contributed by atoms with E-state index in [0.29, 0.717) is 19.5 Å². The molecule has 4 nitrogen and oxygen atoms in total. The molecule has 1 N–H and O–H groups in total. The van der Waals surface area contributed by atoms with Gasteiger partial charge in [0.25, 0.3) is 0 Å². The lowest BCUT2D eigenvalue weighted by Gasteiger charge is -2.12. The van der Waals surface area contributed by atoms with Crippen LogP contribution in [0.15, 0.2) is 54.6 Å². The minimum atomic E-state index is 0.0744. The van der Waals surface area contributed by atoms with E-state index in [1.54, 1.807) is 7.11 Å². The predicted molar refractivity (Wildman–Crippen MR) is 97.2 cm³/mol. The fraction of sp³-hybridized carbons (Fsp3) is 0.250. The van der Waals surface area contributed by atoms with Gasteiger partial charge in [-0.1, -0.05) is 37.3 Å². The lowest BCUT2D eigenvalue weighted by molar-refractivity contribution is -0.120. The molecule has 124 valence electrons. The Kier molecular flexibility index (Phi) is 4.85. The van der Waals surface area contributed by atoms with E-state index in [0.717, 1.165) is 27.9 Å². The zero-order valence-corrected chi connectivity index (χ0v) is 14.1. The average Bonchev–Trinajstić information content (AvgIpc) is 3.00. The van der Waals surface area contributed by atoms with Crippen molar-refractivity contribution in [3.8, 4) is 17.0 Å². The van der Waals surface area contributed by atoms with E-state index in [1.807, 2.05) is 37.3 Å². The minimum absolute atomic E-state index is 0.0744. The van der Waals surface area contributed by atoms with Crippen LogP contribution in [0.25, 0.3) is 22.2 Å². The smallest absolute Gasteiger partial charge is 0.219 e. The standard InChI is InChI=1S/C20H22N2O2/c1-3-20(23)21-11-12-22-18(15-7-5-4-6-8-15)13-16-9-10-17(24-2)14-19(16)22/h4-10,13-14H,3,11-12H2,1-2H3,(H,21,23). The van der Waals surface area contributed by atoms with Crippen LogP contribution in [0.1, 0.15) is 13.3 Å². The summed E-state index contributed by atoms with van der Waals surface area (Å²) in [5.41, 5.74) is 3.41. The molecule has 2 aromatic carbocycles. The van der Waals surface area contributed by atoms with E-state index in [9.17, 15) is 4.79 Å². The molecule has 0 fully saturated rings. The molecular weight excluding hydrogens is 300 g/mol. The molecule has 0 bridgehead atoms. The van der Waals surface area contributed by atoms with Crippen molar-refractivity contribution < 1.29 is 9.53 Å². The van der Waals surface area contributed by atoms with Crippen LogP contribution in [0.5, 0.6) is 5.75 Å². The van der Waals surface area contributed by atoms with Crippen LogP contribution < -0.4 is 10.1 Å². The van der Waals surface area contributed by atoms with Gasteiger partial charge in [0.05, 0.1) is 12.6 Å². The largest absolute Gasteiger partial charge is 0.497 e. The average molecular weight is 322 g/mol. The molecule has 0 radical (unpaired) electrons. The van der Waals surface area contributed by atoms with Gasteiger partial charge in [-0.25, -0.2) is 0 Å². The van der Waals surface area contributed by atoms with Crippen molar-refractivity contribution >= 4 is 16.8 Å². The van der Waals surface area contributed by atoms with Gasteiger partial charge in [-0.05, 0) is 23.8 Å². The van der Waals surface area contributed by atoms with Crippen molar-refractivity contribution in [2.45, 2.75) is 19.9 Å². The predicted octanol–water partition coefficient (Wildman–Crippen LogP) is 3.84. The maximum atomic E-state index is 11.5. The number of nitrogens with one attached hydrogen (secondary N) is 1. The number of hydrogen-bond acceptors (Lipinski definition) is 2. The number of hydrogen-bond donors (Lipinski definition) is 1. The molecule has 0 saturated heterocycles. The molecule has 1 aromatic heterocycles. The molecular formula is C20H22N2O2. The van der Waals surface area contributed by atoms with Crippen LogP contribution >= 0.6 is 0 Å². The number of nitrogens with zero attached hydrogens (tertiary/aromatic N) is 1. The van der Waals surface area contributed by atoms with Gasteiger partial charge in [0.2, 0.25) is 5.91 Å². The Labute approximate surface area is 142 Å². The van der Waals surface area contributed by atoms with Crippen molar-refractivity contribution in [1.29, 1.82) is 0 Å². The van der Waals surface area contributed by atoms with Gasteiger partial charge < -0.3 is 14.6 Å². The van der Waals surface area contributed by atoms with Gasteiger partial charge in [-0.15, -0.1) is 0 Å². The first-order chi connectivity index (χ1) is 11.7. The summed E-state index contributed by atoms with van der Waals surface area (Å²) in [5.74, 6) is 0.907. The summed E-state index contributed by atoms with van der Waals surface area (Å²) < 4.78 is 7.61. The Balaban J connectivity index is 2.02. The topological polar surface area (TPSA) is 43.3 Å². The van der Waals surface area contributed by atoms with Crippen LogP contribution in [0.2, 0.25) is 0 Å². The molecule has 0 unspecified atom stereocenters. The quantitative estimate of drug-likeness (QED) is 0.749. The highest BCUT2D eigenvalue weighted by atomic mass is 16.5. The van der Waals surface area contributed by atoms with Gasteiger partial charge in [0, 0.05) is 36.7 Å². The van der Waals surface area contributed by atoms with Gasteiger partial charge in [-0.3, -0.25) is 4.79 Å². The van der Waals surface area contributed by atoms with E-state index in [-0.39, 0.29) is 5.91 Å². The molecule has 0 aliphatic heterocycles. The zero-order chi connectivity index (χ0) is 16.9. The molecule has 24 heavy (non-hydrogen) atoms. The van der Waals surface area contributed by atoms with Crippen molar-refractivity contribution in [3.05, 3.63) is 54.6 Å². The first-order valence-electron chi connectivity index (χ1n) is 8.22. The van der Waals surface area contributed by atoms with Crippen LogP contribution in [-0.2, 0) is 11.3 Å². The van der Waals surface area contributed by atoms with Crippen molar-refractivity contribution in [1.82, 2.24) is 9.88 Å². The highest BCUT2D eigenvalue weighted by molar-refractivity contribution is 5.88. The molecule has 4 heteroatoms. The van der Waals surface area contributed by atoms with E-state index >= 15 is 0 Å². The molecule has 0 spiro atoms. The van der Waals surface area contributed by atoms with Gasteiger partial charge >= 0.3 is 0 Å². The molecule has 0 aliphatic rings.